The van der Waals surface area contributed by atoms with Gasteiger partial charge in [-0.25, -0.2) is 0 Å². The van der Waals surface area contributed by atoms with Crippen LogP contribution in [0.15, 0.2) is 24.3 Å². The van der Waals surface area contributed by atoms with E-state index in [0.717, 1.165) is 13.1 Å². The number of para-hydroxylation sites is 1. The summed E-state index contributed by atoms with van der Waals surface area (Å²) in [7, 11) is 2.05. The van der Waals surface area contributed by atoms with E-state index >= 15 is 0 Å². The van der Waals surface area contributed by atoms with Crippen molar-refractivity contribution < 1.29 is 9.53 Å². The van der Waals surface area contributed by atoms with Crippen molar-refractivity contribution in [3.05, 3.63) is 29.8 Å². The first-order valence-electron chi connectivity index (χ1n) is 7.08. The zero-order chi connectivity index (χ0) is 14.5. The molecule has 1 heterocycles. The fourth-order valence-electron chi connectivity index (χ4n) is 2.56. The Kier molecular flexibility index (Phi) is 4.98. The number of piperazine rings is 1. The average Bonchev–Trinajstić information content (AvgIpc) is 2.47. The molecule has 0 aliphatic carbocycles. The van der Waals surface area contributed by atoms with Gasteiger partial charge in [0, 0.05) is 26.2 Å². The van der Waals surface area contributed by atoms with Gasteiger partial charge in [0.05, 0.1) is 18.2 Å². The number of hydrogen-bond acceptors (Lipinski definition) is 4. The Hall–Kier alpha value is -1.59. The maximum absolute atomic E-state index is 12.7. The van der Waals surface area contributed by atoms with Crippen LogP contribution in [0.5, 0.6) is 5.75 Å². The maximum atomic E-state index is 12.7. The highest BCUT2D eigenvalue weighted by atomic mass is 16.5. The predicted molar refractivity (Wildman–Crippen MR) is 79.0 cm³/mol. The number of carbonyl (C=O) groups excluding carboxylic acids is 1. The van der Waals surface area contributed by atoms with Crippen LogP contribution in [0.1, 0.15) is 17.3 Å². The van der Waals surface area contributed by atoms with Gasteiger partial charge < -0.3 is 20.3 Å². The zero-order valence-electron chi connectivity index (χ0n) is 12.2. The molecule has 5 nitrogen and oxygen atoms in total. The van der Waals surface area contributed by atoms with E-state index in [-0.39, 0.29) is 11.9 Å². The van der Waals surface area contributed by atoms with Crippen LogP contribution in [-0.4, -0.2) is 61.6 Å². The molecule has 1 saturated heterocycles. The predicted octanol–water partition coefficient (Wildman–Crippen LogP) is 0.800. The molecule has 1 unspecified atom stereocenters. The van der Waals surface area contributed by atoms with Crippen molar-refractivity contribution in [1.29, 1.82) is 0 Å². The van der Waals surface area contributed by atoms with Crippen molar-refractivity contribution in [3.8, 4) is 5.75 Å². The van der Waals surface area contributed by atoms with Crippen LogP contribution in [0.2, 0.25) is 0 Å². The quantitative estimate of drug-likeness (QED) is 0.884. The van der Waals surface area contributed by atoms with Gasteiger partial charge in [0.25, 0.3) is 5.91 Å². The van der Waals surface area contributed by atoms with Crippen LogP contribution in [-0.2, 0) is 0 Å². The Morgan fingerprint density at radius 3 is 2.85 bits per heavy atom. The number of nitrogens with two attached hydrogens (primary N) is 1. The lowest BCUT2D eigenvalue weighted by molar-refractivity contribution is 0.0512. The molecule has 110 valence electrons. The first-order chi connectivity index (χ1) is 9.67. The summed E-state index contributed by atoms with van der Waals surface area (Å²) < 4.78 is 5.55. The molecule has 0 saturated carbocycles. The van der Waals surface area contributed by atoms with E-state index in [2.05, 4.69) is 11.9 Å². The first-order valence-corrected chi connectivity index (χ1v) is 7.08. The van der Waals surface area contributed by atoms with E-state index in [4.69, 9.17) is 10.5 Å². The second-order valence-electron chi connectivity index (χ2n) is 5.08. The molecule has 1 aliphatic rings. The topological polar surface area (TPSA) is 58.8 Å². The van der Waals surface area contributed by atoms with Gasteiger partial charge in [0.2, 0.25) is 0 Å². The molecule has 1 fully saturated rings. The lowest BCUT2D eigenvalue weighted by Crippen LogP contribution is -2.56. The normalized spacial score (nSPS) is 19.9. The molecule has 1 amide bonds. The lowest BCUT2D eigenvalue weighted by atomic mass is 10.1. The number of amides is 1. The summed E-state index contributed by atoms with van der Waals surface area (Å²) in [5.41, 5.74) is 6.44. The summed E-state index contributed by atoms with van der Waals surface area (Å²) in [4.78, 5) is 16.8. The fourth-order valence-corrected chi connectivity index (χ4v) is 2.56. The van der Waals surface area contributed by atoms with E-state index in [9.17, 15) is 4.79 Å². The van der Waals surface area contributed by atoms with E-state index in [1.165, 1.54) is 0 Å². The summed E-state index contributed by atoms with van der Waals surface area (Å²) in [5, 5.41) is 0. The molecule has 20 heavy (non-hydrogen) atoms. The third-order valence-corrected chi connectivity index (χ3v) is 3.64. The zero-order valence-corrected chi connectivity index (χ0v) is 12.2. The summed E-state index contributed by atoms with van der Waals surface area (Å²) >= 11 is 0. The number of carbonyl (C=O) groups is 1. The molecule has 0 aromatic heterocycles. The van der Waals surface area contributed by atoms with Gasteiger partial charge in [-0.1, -0.05) is 12.1 Å². The molecule has 1 aromatic carbocycles. The average molecular weight is 277 g/mol. The lowest BCUT2D eigenvalue weighted by Gasteiger charge is -2.39. The molecule has 1 aliphatic heterocycles. The van der Waals surface area contributed by atoms with E-state index < -0.39 is 0 Å². The van der Waals surface area contributed by atoms with E-state index in [1.807, 2.05) is 36.1 Å². The number of likely N-dealkylation sites (N-methyl/N-ethyl adjacent to an activating group) is 1. The first kappa shape index (κ1) is 14.8. The van der Waals surface area contributed by atoms with Crippen molar-refractivity contribution >= 4 is 5.91 Å². The van der Waals surface area contributed by atoms with Crippen molar-refractivity contribution in [2.75, 3.05) is 39.8 Å². The maximum Gasteiger partial charge on any atom is 0.258 e. The highest BCUT2D eigenvalue weighted by molar-refractivity contribution is 5.97. The summed E-state index contributed by atoms with van der Waals surface area (Å²) in [6.45, 7) is 5.34. The van der Waals surface area contributed by atoms with Gasteiger partial charge >= 0.3 is 0 Å². The van der Waals surface area contributed by atoms with Gasteiger partial charge in [-0.05, 0) is 26.1 Å². The van der Waals surface area contributed by atoms with Crippen molar-refractivity contribution in [2.45, 2.75) is 13.0 Å². The van der Waals surface area contributed by atoms with Crippen molar-refractivity contribution in [3.63, 3.8) is 0 Å². The molecule has 0 spiro atoms. The minimum absolute atomic E-state index is 0.0117. The van der Waals surface area contributed by atoms with Gasteiger partial charge in [0.1, 0.15) is 5.75 Å². The second-order valence-corrected chi connectivity index (χ2v) is 5.08. The van der Waals surface area contributed by atoms with Crippen LogP contribution in [0.3, 0.4) is 0 Å². The van der Waals surface area contributed by atoms with Gasteiger partial charge in [0.15, 0.2) is 0 Å². The minimum atomic E-state index is 0.0117. The second kappa shape index (κ2) is 6.72. The standard InChI is InChI=1S/C15H23N3O2/c1-3-20-14-7-5-4-6-13(14)15(19)18-9-8-17(2)11-12(18)10-16/h4-7,12H,3,8-11,16H2,1-2H3. The Balaban J connectivity index is 2.22. The summed E-state index contributed by atoms with van der Waals surface area (Å²) in [5.74, 6) is 0.660. The summed E-state index contributed by atoms with van der Waals surface area (Å²) in [6, 6.07) is 7.47. The van der Waals surface area contributed by atoms with Crippen LogP contribution >= 0.6 is 0 Å². The van der Waals surface area contributed by atoms with E-state index in [0.29, 0.717) is 31.0 Å². The highest BCUT2D eigenvalue weighted by Gasteiger charge is 2.29. The fraction of sp³-hybridized carbons (Fsp3) is 0.533. The van der Waals surface area contributed by atoms with Crippen molar-refractivity contribution in [1.82, 2.24) is 9.80 Å². The third kappa shape index (κ3) is 3.11. The van der Waals surface area contributed by atoms with Gasteiger partial charge in [-0.3, -0.25) is 4.79 Å². The molecular formula is C15H23N3O2. The molecule has 2 rings (SSSR count). The largest absolute Gasteiger partial charge is 0.493 e. The third-order valence-electron chi connectivity index (χ3n) is 3.64. The number of rotatable bonds is 4. The van der Waals surface area contributed by atoms with Gasteiger partial charge in [-0.2, -0.15) is 0 Å². The molecule has 0 radical (unpaired) electrons. The molecule has 5 heteroatoms. The minimum Gasteiger partial charge on any atom is -0.493 e. The molecule has 1 atom stereocenters. The highest BCUT2D eigenvalue weighted by Crippen LogP contribution is 2.22. The van der Waals surface area contributed by atoms with Crippen LogP contribution in [0.4, 0.5) is 0 Å². The van der Waals surface area contributed by atoms with E-state index in [1.54, 1.807) is 0 Å². The van der Waals surface area contributed by atoms with Crippen LogP contribution in [0, 0.1) is 0 Å². The molecular weight excluding hydrogens is 254 g/mol. The van der Waals surface area contributed by atoms with Gasteiger partial charge in [-0.15, -0.1) is 0 Å². The molecule has 0 bridgehead atoms. The SMILES string of the molecule is CCOc1ccccc1C(=O)N1CCN(C)CC1CN. The van der Waals surface area contributed by atoms with Crippen LogP contribution < -0.4 is 10.5 Å². The Morgan fingerprint density at radius 1 is 1.40 bits per heavy atom. The van der Waals surface area contributed by atoms with Crippen LogP contribution in [0.25, 0.3) is 0 Å². The number of ether oxygens (including phenoxy) is 1. The monoisotopic (exact) mass is 277 g/mol. The number of hydrogen-bond donors (Lipinski definition) is 1. The smallest absolute Gasteiger partial charge is 0.258 e. The number of nitrogens with zero attached hydrogens (tertiary/aromatic N) is 2. The van der Waals surface area contributed by atoms with Crippen molar-refractivity contribution in [2.24, 2.45) is 5.73 Å². The Bertz CT molecular complexity index is 464. The Labute approximate surface area is 120 Å². The Morgan fingerprint density at radius 2 is 2.15 bits per heavy atom. The summed E-state index contributed by atoms with van der Waals surface area (Å²) in [6.07, 6.45) is 0. The number of benzene rings is 1. The molecule has 1 aromatic rings. The molecule has 2 N–H and O–H groups in total.